The summed E-state index contributed by atoms with van der Waals surface area (Å²) < 4.78 is 55.0. The van der Waals surface area contributed by atoms with Crippen LogP contribution >= 0.6 is 11.6 Å². The molecule has 0 aromatic heterocycles. The van der Waals surface area contributed by atoms with Gasteiger partial charge in [0, 0.05) is 547 Å². The van der Waals surface area contributed by atoms with Crippen molar-refractivity contribution in [3.63, 3.8) is 0 Å². The van der Waals surface area contributed by atoms with Crippen molar-refractivity contribution in [2.75, 3.05) is 100 Å². The summed E-state index contributed by atoms with van der Waals surface area (Å²) in [4.78, 5) is 71.9. The molecule has 2 aliphatic heterocycles. The number of nitrogens with zero attached hydrogens (tertiary/aromatic N) is 2. The molecule has 0 bridgehead atoms. The smallest absolute Gasteiger partial charge is 0.303 e. The Hall–Kier alpha value is 7.19. The second-order valence-electron chi connectivity index (χ2n) is 36.8. The van der Waals surface area contributed by atoms with Gasteiger partial charge in [0.15, 0.2) is 38.0 Å². The zero-order valence-electron chi connectivity index (χ0n) is 87.8. The van der Waals surface area contributed by atoms with Gasteiger partial charge in [-0.1, -0.05) is 193 Å². The number of unbranched alkanes of at least 4 members (excludes halogenated alkanes) is 23. The number of fused-ring (bicyclic) bond motifs is 2. The molecule has 0 saturated carbocycles. The van der Waals surface area contributed by atoms with E-state index in [1.807, 2.05) is 119 Å². The molecular formula is C99H166Ac10ClN7O29S2. The Morgan fingerprint density at radius 2 is 0.709 bits per heavy atom. The van der Waals surface area contributed by atoms with Crippen LogP contribution in [0.2, 0.25) is 0 Å². The fourth-order valence-electron chi connectivity index (χ4n) is 16.9. The van der Waals surface area contributed by atoms with Crippen LogP contribution in [0.3, 0.4) is 0 Å². The Morgan fingerprint density at radius 1 is 0.405 bits per heavy atom. The van der Waals surface area contributed by atoms with Gasteiger partial charge in [-0.2, -0.15) is 0 Å². The topological polar surface area (TPSA) is 650 Å². The number of benzene rings is 4. The number of sulfone groups is 2. The van der Waals surface area contributed by atoms with Gasteiger partial charge in [-0.25, -0.2) is 16.8 Å². The van der Waals surface area contributed by atoms with E-state index in [4.69, 9.17) is 69.0 Å². The third-order valence-electron chi connectivity index (χ3n) is 25.6. The van der Waals surface area contributed by atoms with Crippen molar-refractivity contribution in [3.8, 4) is 0 Å². The predicted octanol–water partition coefficient (Wildman–Crippen LogP) is 6.68. The first kappa shape index (κ1) is 173. The Bertz CT molecular complexity index is 4450. The van der Waals surface area contributed by atoms with E-state index in [0.717, 1.165) is 157 Å². The summed E-state index contributed by atoms with van der Waals surface area (Å²) in [7, 11) is 0.380. The normalized spacial score (nSPS) is 18.7. The van der Waals surface area contributed by atoms with E-state index in [2.05, 4.69) is 29.8 Å². The molecule has 49 heteroatoms. The number of nitrogens with two attached hydrogens (primary N) is 2. The largest absolute Gasteiger partial charge is 0.481 e. The minimum Gasteiger partial charge on any atom is -0.481 e. The third kappa shape index (κ3) is 64.7. The monoisotopic (exact) mass is 4290 g/mol. The molecule has 3 amide bonds. The zero-order valence-corrected chi connectivity index (χ0v) is 138. The van der Waals surface area contributed by atoms with Crippen LogP contribution in [0.15, 0.2) is 94.7 Å². The molecule has 8 unspecified atom stereocenters. The van der Waals surface area contributed by atoms with Crippen LogP contribution in [-0.2, 0) is 48.4 Å². The van der Waals surface area contributed by atoms with Gasteiger partial charge in [-0.05, 0) is 165 Å². The SMILES string of the molecule is CCCC[C@]1(CC)CS(=O)(=O)c2ccc(N(C)C)cc2[C@@H](c2cccc(N)c2)[C@H]1O.CCCC[C@]1(CC)CS(=O)(=O)c2ccc(N(C)C)cc2[C@@H](c2cccc(NC(=O)CCCCCCCCCCNC(=O)[C@H](O)[C@@H](O)[C@H](O)[C@H](O)CO)c2)[C@H]1O.NCCCCCCCCCCC(=O)O.O=C(Cl)C(O)C(O)C(O)C(O)CO.O=C(O)CCCCCCCCCCNC(=O)C(O)C(O)C(O)C(O)CO.[Ac].[Ac].[Ac].[Ac].[Ac].[Ac].[Ac].[Ac].[Ac].[Ac]. The number of amides is 3. The van der Waals surface area contributed by atoms with E-state index in [0.29, 0.717) is 91.7 Å². The summed E-state index contributed by atoms with van der Waals surface area (Å²) in [5.74, 6) is -4.49. The van der Waals surface area contributed by atoms with E-state index in [1.54, 1.807) is 18.2 Å². The van der Waals surface area contributed by atoms with Crippen LogP contribution in [0.5, 0.6) is 0 Å². The molecule has 0 fully saturated rings. The minimum absolute atomic E-state index is 0. The van der Waals surface area contributed by atoms with Crippen LogP contribution < -0.4 is 37.2 Å². The summed E-state index contributed by atoms with van der Waals surface area (Å²) in [6.45, 7) is 7.09. The van der Waals surface area contributed by atoms with Crippen LogP contribution in [-0.4, -0.2) is 313 Å². The second kappa shape index (κ2) is 96.9. The molecule has 820 valence electrons. The van der Waals surface area contributed by atoms with E-state index in [-0.39, 0.29) is 476 Å². The molecule has 0 spiro atoms. The van der Waals surface area contributed by atoms with Gasteiger partial charge >= 0.3 is 11.9 Å². The quantitative estimate of drug-likeness (QED) is 0.0124. The van der Waals surface area contributed by atoms with E-state index in [9.17, 15) is 96.7 Å². The number of nitrogens with one attached hydrogen (secondary N) is 3. The molecule has 36 nitrogen and oxygen atoms in total. The van der Waals surface area contributed by atoms with Crippen molar-refractivity contribution in [2.24, 2.45) is 16.6 Å². The summed E-state index contributed by atoms with van der Waals surface area (Å²) >= 11 is 4.81. The number of carbonyl (C=O) groups is 6. The van der Waals surface area contributed by atoms with Gasteiger partial charge in [-0.15, -0.1) is 0 Å². The number of aliphatic hydroxyl groups excluding tert-OH is 17. The van der Waals surface area contributed by atoms with Gasteiger partial charge in [0.25, 0.3) is 17.1 Å². The Labute approximate surface area is 1240 Å². The number of anilines is 4. The summed E-state index contributed by atoms with van der Waals surface area (Å²) in [6.07, 6.45) is 6.56. The van der Waals surface area contributed by atoms with Crippen molar-refractivity contribution >= 4 is 88.9 Å². The predicted molar refractivity (Wildman–Crippen MR) is 531 cm³/mol. The second-order valence-corrected chi connectivity index (χ2v) is 41.1. The zero-order chi connectivity index (χ0) is 104. The number of aliphatic hydroxyl groups is 17. The minimum atomic E-state index is -3.71. The fourth-order valence-corrected chi connectivity index (χ4v) is 21.5. The molecule has 26 N–H and O–H groups in total. The number of hydrogen-bond acceptors (Lipinski definition) is 31. The molecule has 148 heavy (non-hydrogen) atoms. The van der Waals surface area contributed by atoms with Crippen molar-refractivity contribution in [1.82, 2.24) is 10.6 Å². The van der Waals surface area contributed by atoms with Gasteiger partial charge in [0.1, 0.15) is 54.9 Å². The summed E-state index contributed by atoms with van der Waals surface area (Å²) in [6, 6.07) is 25.7. The molecule has 2 heterocycles. The van der Waals surface area contributed by atoms with Gasteiger partial charge in [-0.3, -0.25) is 28.8 Å². The van der Waals surface area contributed by atoms with Crippen LogP contribution in [0.1, 0.15) is 287 Å². The summed E-state index contributed by atoms with van der Waals surface area (Å²) in [5, 5.41) is 186. The van der Waals surface area contributed by atoms with Crippen molar-refractivity contribution in [3.05, 3.63) is 107 Å². The standard InChI is InChI=1S/C41H65N3O10S.C24H34N2O3S.C17H33NO8.C11H23NO2.C6H11ClO6.10Ac/c1-5-7-22-41(6-2)27-55(53,54)33-21-20-30(44(3)4)25-31(33)35(39(41)51)28-17-16-18-29(24-28)43-34(47)19-14-12-10-8-9-11-13-15-23-42-40(52)38(50)37(49)36(48)32(46)26-45;1-5-7-13-24(6-2)16-30(28,29)21-12-11-19(26(3)4)15-20(21)22(23(24)27)17-9-8-10-18(25)14-17;19-11-12(20)14(23)15(24)16(25)17(26)18-10-8-6-4-2-1-3-5-7-9-13(21)22;12-10-8-6-4-2-1-3-5-7-9-11(13)14;7-6(13)5(12)4(11)3(10)2(9)1-8;;;;;;;;;;/h16-18,20-21,24-25,32,35-39,45-46,48-51H,5-15,19,22-23,26-27H2,1-4H3,(H,42,52)(H,43,47);8-12,14-15,22-23,27H,5-7,13,16,25H2,1-4H3;12,14-16,19-20,23-25H,1-11H2,(H,18,26)(H,21,22);1-10,12H2,(H,13,14);2-5,8-12H,1H2;;;;;;;;;;/t32-,35-,36-,37+,38-,39-,41-;22-,23-,24-;;;;;;;;;;;;;/m11............./s1. The number of nitrogen functional groups attached to an aromatic ring is 1. The molecule has 18 atom stereocenters. The first-order valence-corrected chi connectivity index (χ1v) is 52.5. The number of aliphatic carboxylic acids is 2. The number of hydrogen-bond donors (Lipinski definition) is 24. The number of carboxylic acid groups (broad SMARTS) is 2. The van der Waals surface area contributed by atoms with Crippen LogP contribution in [0, 0.1) is 451 Å². The first-order valence-electron chi connectivity index (χ1n) is 48.8. The molecule has 6 rings (SSSR count). The molecule has 2 aliphatic rings. The molecule has 4 aromatic carbocycles. The molecule has 4 aromatic rings. The Kier molecular flexibility index (Phi) is 113. The summed E-state index contributed by atoms with van der Waals surface area (Å²) in [5.41, 5.74) is 15.7. The van der Waals surface area contributed by atoms with Gasteiger partial charge in [0.2, 0.25) is 5.91 Å². The number of carboxylic acids is 2. The average Bonchev–Trinajstić information content (AvgIpc) is 1.59. The number of carbonyl (C=O) groups excluding carboxylic acids is 4. The maximum Gasteiger partial charge on any atom is 0.303 e. The van der Waals surface area contributed by atoms with Crippen molar-refractivity contribution in [1.29, 1.82) is 0 Å². The van der Waals surface area contributed by atoms with E-state index >= 15 is 0 Å². The molecule has 0 aliphatic carbocycles. The van der Waals surface area contributed by atoms with Gasteiger partial charge < -0.3 is 134 Å². The first-order chi connectivity index (χ1) is 65.3. The Balaban J connectivity index is -0.000000253. The van der Waals surface area contributed by atoms with Gasteiger partial charge in [0.05, 0.1) is 53.3 Å². The Morgan fingerprint density at radius 3 is 1.01 bits per heavy atom. The molecule has 10 radical (unpaired) electrons. The maximum absolute atomic E-state index is 14.0. The number of halogens is 1. The van der Waals surface area contributed by atoms with Crippen molar-refractivity contribution < 1.29 is 583 Å². The molecule has 0 saturated heterocycles. The van der Waals surface area contributed by atoms with E-state index in [1.165, 1.54) is 32.1 Å². The van der Waals surface area contributed by atoms with Crippen LogP contribution in [0.25, 0.3) is 0 Å². The van der Waals surface area contributed by atoms with Crippen molar-refractivity contribution in [2.45, 2.75) is 360 Å². The van der Waals surface area contributed by atoms with E-state index < -0.39 is 177 Å². The average molecular weight is 4290 g/mol. The third-order valence-corrected chi connectivity index (χ3v) is 29.8. The van der Waals surface area contributed by atoms with Crippen LogP contribution in [0.4, 0.5) is 22.7 Å². The fraction of sp³-hybridized carbons (Fsp3) is 0.697. The maximum atomic E-state index is 14.0. The molecular weight excluding hydrogens is 4120 g/mol. The number of rotatable bonds is 60.